The number of ether oxygens (including phenoxy) is 1. The monoisotopic (exact) mass is 522 g/mol. The second-order valence-corrected chi connectivity index (χ2v) is 8.08. The normalized spacial score (nSPS) is 10.8. The topological polar surface area (TPSA) is 94.6 Å². The van der Waals surface area contributed by atoms with Gasteiger partial charge in [-0.25, -0.2) is 0 Å². The minimum absolute atomic E-state index is 0.000384. The van der Waals surface area contributed by atoms with Crippen LogP contribution in [0.25, 0.3) is 0 Å². The van der Waals surface area contributed by atoms with Gasteiger partial charge in [-0.2, -0.15) is 0 Å². The molecule has 1 aromatic heterocycles. The van der Waals surface area contributed by atoms with Gasteiger partial charge in [0.05, 0.1) is 20.0 Å². The lowest BCUT2D eigenvalue weighted by molar-refractivity contribution is -0.384. The number of nitrogens with zero attached hydrogens (tertiary/aromatic N) is 1. The molecular formula is C19H11Cl5N2O5. The molecule has 1 N–H and O–H groups in total. The third-order valence-electron chi connectivity index (χ3n) is 4.01. The highest BCUT2D eigenvalue weighted by atomic mass is 35.5. The molecule has 0 fully saturated rings. The van der Waals surface area contributed by atoms with Crippen molar-refractivity contribution in [3.63, 3.8) is 0 Å². The number of carbonyl (C=O) groups excluding carboxylic acids is 1. The highest BCUT2D eigenvalue weighted by Gasteiger charge is 2.22. The maximum atomic E-state index is 12.4. The molecule has 0 saturated carbocycles. The molecule has 0 unspecified atom stereocenters. The van der Waals surface area contributed by atoms with Crippen molar-refractivity contribution in [2.24, 2.45) is 0 Å². The molecule has 0 spiro atoms. The second-order valence-electron chi connectivity index (χ2n) is 6.19. The van der Waals surface area contributed by atoms with E-state index in [1.54, 1.807) is 13.0 Å². The van der Waals surface area contributed by atoms with Crippen LogP contribution in [0.4, 0.5) is 11.4 Å². The van der Waals surface area contributed by atoms with Crippen LogP contribution >= 0.6 is 58.0 Å². The van der Waals surface area contributed by atoms with Crippen molar-refractivity contribution in [1.29, 1.82) is 0 Å². The number of nitro groups is 1. The molecule has 0 atom stereocenters. The van der Waals surface area contributed by atoms with E-state index in [1.165, 1.54) is 24.3 Å². The number of nitro benzene ring substituents is 1. The Hall–Kier alpha value is -2.16. The molecule has 2 aromatic carbocycles. The summed E-state index contributed by atoms with van der Waals surface area (Å²) < 4.78 is 11.0. The zero-order valence-corrected chi connectivity index (χ0v) is 19.3. The maximum Gasteiger partial charge on any atom is 0.293 e. The van der Waals surface area contributed by atoms with E-state index in [0.717, 1.165) is 0 Å². The summed E-state index contributed by atoms with van der Waals surface area (Å²) in [6.45, 7) is 1.54. The van der Waals surface area contributed by atoms with Crippen LogP contribution < -0.4 is 10.1 Å². The number of benzene rings is 2. The number of hydrogen-bond donors (Lipinski definition) is 1. The molecule has 7 nitrogen and oxygen atoms in total. The molecule has 0 radical (unpaired) electrons. The summed E-state index contributed by atoms with van der Waals surface area (Å²) in [7, 11) is 0. The van der Waals surface area contributed by atoms with Crippen molar-refractivity contribution < 1.29 is 18.9 Å². The van der Waals surface area contributed by atoms with Gasteiger partial charge in [-0.15, -0.1) is 0 Å². The summed E-state index contributed by atoms with van der Waals surface area (Å²) in [6, 6.07) is 7.31. The molecule has 162 valence electrons. The second kappa shape index (κ2) is 9.54. The Bertz CT molecular complexity index is 1170. The summed E-state index contributed by atoms with van der Waals surface area (Å²) >= 11 is 30.1. The molecule has 0 aliphatic heterocycles. The van der Waals surface area contributed by atoms with Crippen LogP contribution in [0.3, 0.4) is 0 Å². The predicted octanol–water partition coefficient (Wildman–Crippen LogP) is 7.59. The van der Waals surface area contributed by atoms with Crippen molar-refractivity contribution in [2.75, 3.05) is 5.32 Å². The molecule has 0 aliphatic carbocycles. The van der Waals surface area contributed by atoms with E-state index in [-0.39, 0.29) is 60.4 Å². The third-order valence-corrected chi connectivity index (χ3v) is 6.25. The fourth-order valence-corrected chi connectivity index (χ4v) is 3.74. The minimum Gasteiger partial charge on any atom is -0.482 e. The lowest BCUT2D eigenvalue weighted by Crippen LogP contribution is -2.12. The molecule has 3 rings (SSSR count). The van der Waals surface area contributed by atoms with E-state index in [4.69, 9.17) is 67.2 Å². The molecular weight excluding hydrogens is 513 g/mol. The Labute approximate surface area is 200 Å². The first-order valence-electron chi connectivity index (χ1n) is 8.39. The summed E-state index contributed by atoms with van der Waals surface area (Å²) in [4.78, 5) is 23.1. The maximum absolute atomic E-state index is 12.4. The predicted molar refractivity (Wildman–Crippen MR) is 120 cm³/mol. The van der Waals surface area contributed by atoms with Crippen LogP contribution in [-0.4, -0.2) is 10.8 Å². The van der Waals surface area contributed by atoms with Crippen LogP contribution in [0, 0.1) is 17.0 Å². The highest BCUT2D eigenvalue weighted by molar-refractivity contribution is 6.55. The van der Waals surface area contributed by atoms with Crippen molar-refractivity contribution in [3.05, 3.63) is 82.6 Å². The molecule has 0 saturated heterocycles. The minimum atomic E-state index is -0.674. The SMILES string of the molecule is Cc1ccc(NC(=O)c2ccc(COc3c(Cl)c(Cl)c(Cl)c(Cl)c3Cl)o2)c([N+](=O)[O-])c1. The van der Waals surface area contributed by atoms with Gasteiger partial charge in [-0.1, -0.05) is 64.1 Å². The first kappa shape index (κ1) is 23.5. The molecule has 0 bridgehead atoms. The zero-order valence-electron chi connectivity index (χ0n) is 15.5. The van der Waals surface area contributed by atoms with Crippen LogP contribution in [0.1, 0.15) is 21.9 Å². The Balaban J connectivity index is 1.75. The summed E-state index contributed by atoms with van der Waals surface area (Å²) in [5.74, 6) is -0.511. The van der Waals surface area contributed by atoms with Gasteiger partial charge in [0.15, 0.2) is 11.5 Å². The molecule has 1 heterocycles. The number of aryl methyl sites for hydroxylation is 1. The molecule has 12 heteroatoms. The summed E-state index contributed by atoms with van der Waals surface area (Å²) in [6.07, 6.45) is 0. The van der Waals surface area contributed by atoms with Gasteiger partial charge in [-0.05, 0) is 30.7 Å². The van der Waals surface area contributed by atoms with Gasteiger partial charge in [0.25, 0.3) is 11.6 Å². The zero-order chi connectivity index (χ0) is 22.9. The van der Waals surface area contributed by atoms with E-state index in [2.05, 4.69) is 5.32 Å². The summed E-state index contributed by atoms with van der Waals surface area (Å²) in [5.41, 5.74) is 0.491. The van der Waals surface area contributed by atoms with Gasteiger partial charge < -0.3 is 14.5 Å². The smallest absolute Gasteiger partial charge is 0.293 e. The quantitative estimate of drug-likeness (QED) is 0.155. The van der Waals surface area contributed by atoms with Gasteiger partial charge in [0.2, 0.25) is 0 Å². The number of furan rings is 1. The van der Waals surface area contributed by atoms with Gasteiger partial charge >= 0.3 is 0 Å². The van der Waals surface area contributed by atoms with E-state index in [9.17, 15) is 14.9 Å². The lowest BCUT2D eigenvalue weighted by Gasteiger charge is -2.12. The average Bonchev–Trinajstić information content (AvgIpc) is 3.21. The number of anilines is 1. The first-order chi connectivity index (χ1) is 14.6. The Kier molecular flexibility index (Phi) is 7.24. The van der Waals surface area contributed by atoms with Crippen molar-refractivity contribution in [2.45, 2.75) is 13.5 Å². The highest BCUT2D eigenvalue weighted by Crippen LogP contribution is 2.48. The largest absolute Gasteiger partial charge is 0.482 e. The Morgan fingerprint density at radius 1 is 1.03 bits per heavy atom. The third kappa shape index (κ3) is 5.02. The van der Waals surface area contributed by atoms with Crippen LogP contribution in [0.2, 0.25) is 25.1 Å². The number of hydrogen-bond acceptors (Lipinski definition) is 5. The molecule has 31 heavy (non-hydrogen) atoms. The van der Waals surface area contributed by atoms with Crippen LogP contribution in [0.5, 0.6) is 5.75 Å². The van der Waals surface area contributed by atoms with E-state index < -0.39 is 10.8 Å². The van der Waals surface area contributed by atoms with Gasteiger partial charge in [0, 0.05) is 6.07 Å². The number of halogens is 5. The standard InChI is InChI=1S/C19H11Cl5N2O5/c1-8-2-4-10(11(6-8)26(28)29)25-19(27)12-5-3-9(31-12)7-30-18-16(23)14(21)13(20)15(22)17(18)24/h2-6H,7H2,1H3,(H,25,27). The molecule has 1 amide bonds. The fraction of sp³-hybridized carbons (Fsp3) is 0.105. The van der Waals surface area contributed by atoms with Crippen molar-refractivity contribution in [1.82, 2.24) is 0 Å². The molecule has 0 aliphatic rings. The van der Waals surface area contributed by atoms with E-state index in [1.807, 2.05) is 0 Å². The first-order valence-corrected chi connectivity index (χ1v) is 10.3. The average molecular weight is 525 g/mol. The Morgan fingerprint density at radius 3 is 2.26 bits per heavy atom. The number of rotatable bonds is 6. The van der Waals surface area contributed by atoms with Crippen molar-refractivity contribution in [3.8, 4) is 5.75 Å². The number of amides is 1. The number of nitrogens with one attached hydrogen (secondary N) is 1. The van der Waals surface area contributed by atoms with Crippen LogP contribution in [0.15, 0.2) is 34.7 Å². The van der Waals surface area contributed by atoms with Gasteiger partial charge in [-0.3, -0.25) is 14.9 Å². The molecule has 3 aromatic rings. The lowest BCUT2D eigenvalue weighted by atomic mass is 10.2. The fourth-order valence-electron chi connectivity index (χ4n) is 2.51. The van der Waals surface area contributed by atoms with Crippen molar-refractivity contribution >= 4 is 75.3 Å². The van der Waals surface area contributed by atoms with Crippen LogP contribution in [-0.2, 0) is 6.61 Å². The van der Waals surface area contributed by atoms with E-state index in [0.29, 0.717) is 5.56 Å². The Morgan fingerprint density at radius 2 is 1.65 bits per heavy atom. The number of carbonyl (C=O) groups is 1. The summed E-state index contributed by atoms with van der Waals surface area (Å²) in [5, 5.41) is 13.6. The van der Waals surface area contributed by atoms with Gasteiger partial charge in [0.1, 0.15) is 28.1 Å². The van der Waals surface area contributed by atoms with E-state index >= 15 is 0 Å².